The second-order valence-corrected chi connectivity index (χ2v) is 13.4. The van der Waals surface area contributed by atoms with Crippen molar-refractivity contribution in [3.05, 3.63) is 144 Å². The zero-order valence-electron chi connectivity index (χ0n) is 26.6. The first kappa shape index (κ1) is 30.8. The van der Waals surface area contributed by atoms with E-state index in [1.54, 1.807) is 0 Å². The van der Waals surface area contributed by atoms with Crippen LogP contribution in [-0.2, 0) is 30.9 Å². The van der Waals surface area contributed by atoms with Gasteiger partial charge in [-0.25, -0.2) is 0 Å². The third-order valence-corrected chi connectivity index (χ3v) is 9.01. The third-order valence-electron chi connectivity index (χ3n) is 9.01. The summed E-state index contributed by atoms with van der Waals surface area (Å²) < 4.78 is 0. The number of aryl methyl sites for hydroxylation is 1. The molecular weight excluding hydrogens is 725 g/mol. The van der Waals surface area contributed by atoms with Gasteiger partial charge >= 0.3 is 0 Å². The van der Waals surface area contributed by atoms with Gasteiger partial charge in [0.1, 0.15) is 0 Å². The van der Waals surface area contributed by atoms with E-state index in [-0.39, 0.29) is 30.9 Å². The quantitative estimate of drug-likeness (QED) is 0.130. The van der Waals surface area contributed by atoms with E-state index < -0.39 is 0 Å². The molecule has 1 aliphatic rings. The van der Waals surface area contributed by atoms with E-state index in [0.29, 0.717) is 0 Å². The van der Waals surface area contributed by atoms with Crippen molar-refractivity contribution in [2.75, 3.05) is 0 Å². The molecule has 0 amide bonds. The molecule has 0 fully saturated rings. The van der Waals surface area contributed by atoms with Gasteiger partial charge in [-0.3, -0.25) is 0 Å². The van der Waals surface area contributed by atoms with Crippen LogP contribution in [0.1, 0.15) is 56.9 Å². The smallest absolute Gasteiger partial charge is 0.0163 e. The number of pyridine rings is 2. The first-order valence-corrected chi connectivity index (χ1v) is 15.3. The van der Waals surface area contributed by atoms with Gasteiger partial charge in [0.15, 0.2) is 0 Å². The van der Waals surface area contributed by atoms with Crippen LogP contribution >= 0.6 is 0 Å². The van der Waals surface area contributed by atoms with Gasteiger partial charge in [0.2, 0.25) is 0 Å². The van der Waals surface area contributed by atoms with Crippen molar-refractivity contribution in [1.29, 1.82) is 0 Å². The first-order valence-electron chi connectivity index (χ1n) is 15.3. The maximum Gasteiger partial charge on any atom is 0.0163 e. The molecule has 2 aromatic heterocycles. The Hall–Kier alpha value is -4.17. The minimum atomic E-state index is 0. The Bertz CT molecular complexity index is 2190. The topological polar surface area (TPSA) is 25.8 Å². The van der Waals surface area contributed by atoms with Crippen LogP contribution in [-0.4, -0.2) is 9.97 Å². The predicted molar refractivity (Wildman–Crippen MR) is 185 cm³/mol. The van der Waals surface area contributed by atoms with Crippen molar-refractivity contribution in [3.63, 3.8) is 0 Å². The SMILES string of the molecule is CC(C)(C)c1ccnc(-c2[c-]ccc(-c3ccccc3)c2)c1.Cc1[c-]c2c3ncccc3c3cccc4c3c2c(c1)C4(C)C.[Ir]. The van der Waals surface area contributed by atoms with Gasteiger partial charge in [0, 0.05) is 32.5 Å². The molecule has 0 spiro atoms. The summed E-state index contributed by atoms with van der Waals surface area (Å²) in [5.41, 5.74) is 11.0. The Morgan fingerprint density at radius 3 is 2.24 bits per heavy atom. The molecule has 2 nitrogen and oxygen atoms in total. The van der Waals surface area contributed by atoms with Crippen molar-refractivity contribution >= 4 is 32.4 Å². The minimum absolute atomic E-state index is 0. The average Bonchev–Trinajstić information content (AvgIpc) is 3.27. The molecule has 2 heterocycles. The van der Waals surface area contributed by atoms with Crippen molar-refractivity contribution in [3.8, 4) is 22.4 Å². The fourth-order valence-corrected chi connectivity index (χ4v) is 6.65. The predicted octanol–water partition coefficient (Wildman–Crippen LogP) is 10.8. The van der Waals surface area contributed by atoms with Gasteiger partial charge < -0.3 is 9.97 Å². The van der Waals surface area contributed by atoms with E-state index in [2.05, 4.69) is 143 Å². The van der Waals surface area contributed by atoms with Crippen molar-refractivity contribution in [2.24, 2.45) is 0 Å². The van der Waals surface area contributed by atoms with E-state index >= 15 is 0 Å². The van der Waals surface area contributed by atoms with Crippen LogP contribution < -0.4 is 0 Å². The second kappa shape index (κ2) is 11.6. The van der Waals surface area contributed by atoms with Crippen LogP contribution in [0, 0.1) is 19.1 Å². The van der Waals surface area contributed by atoms with Crippen LogP contribution in [0.4, 0.5) is 0 Å². The molecule has 45 heavy (non-hydrogen) atoms. The number of rotatable bonds is 2. The largest absolute Gasteiger partial charge is 0.305 e. The van der Waals surface area contributed by atoms with Gasteiger partial charge in [-0.2, -0.15) is 0 Å². The fourth-order valence-electron chi connectivity index (χ4n) is 6.65. The molecule has 1 aliphatic carbocycles. The number of hydrogen-bond acceptors (Lipinski definition) is 2. The fraction of sp³-hybridized carbons (Fsp3) is 0.190. The molecule has 0 saturated carbocycles. The number of hydrogen-bond donors (Lipinski definition) is 0. The molecule has 0 aliphatic heterocycles. The second-order valence-electron chi connectivity index (χ2n) is 13.4. The number of fused-ring (bicyclic) bond motifs is 3. The summed E-state index contributed by atoms with van der Waals surface area (Å²) in [7, 11) is 0. The Morgan fingerprint density at radius 2 is 1.47 bits per heavy atom. The zero-order valence-corrected chi connectivity index (χ0v) is 29.0. The van der Waals surface area contributed by atoms with Crippen LogP contribution in [0.15, 0.2) is 109 Å². The minimum Gasteiger partial charge on any atom is -0.305 e. The first-order chi connectivity index (χ1) is 21.1. The zero-order chi connectivity index (χ0) is 30.6. The van der Waals surface area contributed by atoms with Crippen LogP contribution in [0.5, 0.6) is 0 Å². The van der Waals surface area contributed by atoms with E-state index in [0.717, 1.165) is 16.8 Å². The molecule has 8 rings (SSSR count). The summed E-state index contributed by atoms with van der Waals surface area (Å²) in [4.78, 5) is 9.21. The molecule has 225 valence electrons. The maximum atomic E-state index is 4.68. The summed E-state index contributed by atoms with van der Waals surface area (Å²) in [6, 6.07) is 41.0. The van der Waals surface area contributed by atoms with Crippen LogP contribution in [0.3, 0.4) is 0 Å². The molecule has 5 aromatic carbocycles. The summed E-state index contributed by atoms with van der Waals surface area (Å²) in [6.07, 6.45) is 3.77. The summed E-state index contributed by atoms with van der Waals surface area (Å²) in [5, 5.41) is 6.48. The summed E-state index contributed by atoms with van der Waals surface area (Å²) in [6.45, 7) is 13.4. The standard InChI is InChI=1S/C21H16N.C21H20N.Ir/c1-12-10-15-19-17(11-12)21(2,3)16-8-4-6-13(18(16)19)14-7-5-9-22-20(14)15;1-21(2,3)19-12-13-22-20(15-19)18-11-7-10-17(14-18)16-8-5-4-6-9-16;/h4-9,11H,1-3H3;4-10,12-15H,1-3H3;/q2*-1;. The van der Waals surface area contributed by atoms with E-state index in [1.807, 2.05) is 30.6 Å². The maximum absolute atomic E-state index is 4.68. The van der Waals surface area contributed by atoms with Gasteiger partial charge in [-0.1, -0.05) is 108 Å². The molecule has 0 N–H and O–H groups in total. The van der Waals surface area contributed by atoms with E-state index in [4.69, 9.17) is 0 Å². The number of benzene rings is 5. The van der Waals surface area contributed by atoms with Gasteiger partial charge in [-0.15, -0.1) is 64.0 Å². The van der Waals surface area contributed by atoms with E-state index in [1.165, 1.54) is 60.3 Å². The third kappa shape index (κ3) is 5.39. The van der Waals surface area contributed by atoms with Gasteiger partial charge in [0.25, 0.3) is 0 Å². The summed E-state index contributed by atoms with van der Waals surface area (Å²) in [5.74, 6) is 0. The Morgan fingerprint density at radius 1 is 0.689 bits per heavy atom. The molecule has 0 saturated heterocycles. The Labute approximate surface area is 279 Å². The Balaban J connectivity index is 0.000000155. The van der Waals surface area contributed by atoms with Crippen LogP contribution in [0.25, 0.3) is 54.8 Å². The molecule has 0 unspecified atom stereocenters. The average molecular weight is 761 g/mol. The van der Waals surface area contributed by atoms with E-state index in [9.17, 15) is 0 Å². The number of nitrogens with zero attached hydrogens (tertiary/aromatic N) is 2. The molecule has 7 aromatic rings. The molecule has 0 bridgehead atoms. The monoisotopic (exact) mass is 761 g/mol. The molecule has 0 atom stereocenters. The van der Waals surface area contributed by atoms with Crippen molar-refractivity contribution < 1.29 is 20.1 Å². The molecule has 1 radical (unpaired) electrons. The van der Waals surface area contributed by atoms with Gasteiger partial charge in [-0.05, 0) is 67.0 Å². The van der Waals surface area contributed by atoms with Crippen molar-refractivity contribution in [1.82, 2.24) is 9.97 Å². The summed E-state index contributed by atoms with van der Waals surface area (Å²) >= 11 is 0. The van der Waals surface area contributed by atoms with Crippen LogP contribution in [0.2, 0.25) is 0 Å². The Kier molecular flexibility index (Phi) is 7.98. The normalized spacial score (nSPS) is 13.1. The molecule has 3 heteroatoms. The van der Waals surface area contributed by atoms with Crippen molar-refractivity contribution in [2.45, 2.75) is 52.4 Å². The van der Waals surface area contributed by atoms with Gasteiger partial charge in [0.05, 0.1) is 0 Å². The molecular formula is C42H36IrN2-2. The number of aromatic nitrogens is 2.